The van der Waals surface area contributed by atoms with E-state index in [1.54, 1.807) is 54.6 Å². The zero-order valence-corrected chi connectivity index (χ0v) is 58.3. The number of fused-ring (bicyclic) bond motifs is 1. The Bertz CT molecular complexity index is 4050. The zero-order valence-electron chi connectivity index (χ0n) is 58.3. The predicted octanol–water partition coefficient (Wildman–Crippen LogP) is -7.10. The third-order valence-electron chi connectivity index (χ3n) is 16.4. The molecule has 5 aromatic rings. The van der Waals surface area contributed by atoms with Crippen molar-refractivity contribution in [3.63, 3.8) is 0 Å². The second-order valence-electron chi connectivity index (χ2n) is 24.8. The van der Waals surface area contributed by atoms with Crippen LogP contribution in [0.3, 0.4) is 0 Å². The number of nitrogens with one attached hydrogen (secondary N) is 13. The Morgan fingerprint density at radius 1 is 0.376 bits per heavy atom. The first-order valence-corrected chi connectivity index (χ1v) is 33.6. The second-order valence-corrected chi connectivity index (χ2v) is 24.8. The Morgan fingerprint density at radius 2 is 0.743 bits per heavy atom. The zero-order chi connectivity index (χ0) is 80.6. The number of aromatic nitrogens is 1. The van der Waals surface area contributed by atoms with Crippen molar-refractivity contribution in [1.29, 1.82) is 0 Å². The van der Waals surface area contributed by atoms with Gasteiger partial charge in [0.15, 0.2) is 0 Å². The largest absolute Gasteiger partial charge is 0.508 e. The van der Waals surface area contributed by atoms with Crippen LogP contribution in [0, 0.1) is 0 Å². The topological polar surface area (TPSA) is 662 Å². The molecule has 0 fully saturated rings. The van der Waals surface area contributed by atoms with Gasteiger partial charge in [0, 0.05) is 55.6 Å². The van der Waals surface area contributed by atoms with Crippen LogP contribution in [0.15, 0.2) is 109 Å². The summed E-state index contributed by atoms with van der Waals surface area (Å²) in [6, 6.07) is 3.29. The number of benzene rings is 4. The van der Waals surface area contributed by atoms with Gasteiger partial charge in [0.2, 0.25) is 70.9 Å². The first kappa shape index (κ1) is 87.0. The monoisotopic (exact) mass is 1530 g/mol. The highest BCUT2D eigenvalue weighted by atomic mass is 16.4. The molecular weight excluding hydrogens is 1440 g/mol. The number of phenolic OH excluding ortho intramolecular Hbond substituents is 2. The van der Waals surface area contributed by atoms with Crippen LogP contribution in [0.2, 0.25) is 0 Å². The number of aliphatic hydroxyl groups excluding tert-OH is 4. The van der Waals surface area contributed by atoms with Crippen molar-refractivity contribution in [1.82, 2.24) is 68.8 Å². The molecule has 0 radical (unpaired) electrons. The summed E-state index contributed by atoms with van der Waals surface area (Å²) >= 11 is 0. The summed E-state index contributed by atoms with van der Waals surface area (Å²) in [5, 5.41) is 126. The average Bonchev–Trinajstić information content (AvgIpc) is 1.71. The molecule has 40 heteroatoms. The summed E-state index contributed by atoms with van der Waals surface area (Å²) in [5.74, 6) is -21.1. The van der Waals surface area contributed by atoms with E-state index in [1.165, 1.54) is 54.7 Å². The predicted molar refractivity (Wildman–Crippen MR) is 376 cm³/mol. The number of carbonyl (C=O) groups excluding carboxylic acids is 12. The number of aromatic amines is 1. The molecule has 4 aromatic carbocycles. The molecule has 1 aromatic heterocycles. The number of carboxylic acids is 4. The fourth-order valence-corrected chi connectivity index (χ4v) is 10.5. The minimum atomic E-state index is -2.10. The fourth-order valence-electron chi connectivity index (χ4n) is 10.5. The van der Waals surface area contributed by atoms with E-state index in [4.69, 9.17) is 5.73 Å². The van der Waals surface area contributed by atoms with Gasteiger partial charge in [0.25, 0.3) is 0 Å². The van der Waals surface area contributed by atoms with Crippen molar-refractivity contribution in [2.45, 2.75) is 137 Å². The lowest BCUT2D eigenvalue weighted by atomic mass is 10.0. The third-order valence-corrected chi connectivity index (χ3v) is 16.4. The highest BCUT2D eigenvalue weighted by molar-refractivity contribution is 6.00. The number of nitrogens with two attached hydrogens (primary N) is 1. The molecule has 0 aliphatic carbocycles. The number of amides is 12. The van der Waals surface area contributed by atoms with Gasteiger partial charge in [-0.05, 0) is 72.4 Å². The minimum absolute atomic E-state index is 0.164. The molecule has 5 rings (SSSR count). The summed E-state index contributed by atoms with van der Waals surface area (Å²) in [6.07, 6.45) is -4.15. The van der Waals surface area contributed by atoms with Crippen LogP contribution in [0.1, 0.15) is 61.3 Å². The second kappa shape index (κ2) is 43.1. The van der Waals surface area contributed by atoms with E-state index in [9.17, 15) is 128 Å². The lowest BCUT2D eigenvalue weighted by Crippen LogP contribution is -2.62. The molecule has 0 saturated carbocycles. The molecule has 588 valence electrons. The van der Waals surface area contributed by atoms with E-state index >= 15 is 0 Å². The molecule has 0 aliphatic rings. The molecule has 12 amide bonds. The van der Waals surface area contributed by atoms with Gasteiger partial charge in [-0.3, -0.25) is 71.9 Å². The molecule has 12 atom stereocenters. The van der Waals surface area contributed by atoms with Crippen molar-refractivity contribution in [3.8, 4) is 11.5 Å². The highest BCUT2D eigenvalue weighted by Gasteiger charge is 2.37. The molecular formula is C69H86N14O26. The molecule has 0 bridgehead atoms. The van der Waals surface area contributed by atoms with Crippen LogP contribution in [0.5, 0.6) is 11.5 Å². The maximum atomic E-state index is 14.5. The molecule has 25 N–H and O–H groups in total. The number of phenols is 2. The van der Waals surface area contributed by atoms with Crippen molar-refractivity contribution in [3.05, 3.63) is 132 Å². The van der Waals surface area contributed by atoms with Crippen molar-refractivity contribution < 1.29 is 128 Å². The number of carboxylic acid groups (broad SMARTS) is 4. The van der Waals surface area contributed by atoms with E-state index in [2.05, 4.69) is 58.2 Å². The summed E-state index contributed by atoms with van der Waals surface area (Å²) in [4.78, 5) is 216. The van der Waals surface area contributed by atoms with E-state index in [0.717, 1.165) is 6.92 Å². The van der Waals surface area contributed by atoms with Gasteiger partial charge < -0.3 is 126 Å². The number of rotatable bonds is 45. The molecule has 0 saturated heterocycles. The Balaban J connectivity index is 1.33. The Labute approximate surface area is 619 Å². The summed E-state index contributed by atoms with van der Waals surface area (Å²) in [7, 11) is 0. The van der Waals surface area contributed by atoms with Gasteiger partial charge in [-0.1, -0.05) is 72.8 Å². The molecule has 0 spiro atoms. The first-order valence-electron chi connectivity index (χ1n) is 33.6. The highest BCUT2D eigenvalue weighted by Crippen LogP contribution is 2.21. The maximum Gasteiger partial charge on any atom is 0.326 e. The quantitative estimate of drug-likeness (QED) is 0.0172. The number of hydrogen-bond donors (Lipinski definition) is 24. The van der Waals surface area contributed by atoms with Crippen LogP contribution in [-0.2, 0) is 102 Å². The number of aliphatic hydroxyl groups is 4. The number of carbonyl (C=O) groups is 16. The standard InChI is InChI=1S/C69H86N14O26/c1-34(73-62(101)47(24-37-13-17-40(89)18-14-37)78-60(99)44(19-21-55(91)92)75-63(102)46(23-36-11-15-39(88)16-12-36)74-54(90)29-72-59(98)42(70)30-84)58(97)77-48(26-38-28-71-43-10-6-5-9-41(38)43)64(103)82-53(33-87)68(107)83-51(31-85)66(105)76-45(20-22-56(93)94)61(100)81-52(32-86)67(106)79-49(27-57(95)96)65(104)80-50(69(108)109)25-35-7-3-2-4-8-35/h2-18,28,34,42,44-53,71,84-89H,19-27,29-33,70H2,1H3,(H,72,98)(H,73,101)(H,74,90)(H,75,102)(H,76,105)(H,77,97)(H,78,99)(H,79,106)(H,80,104)(H,81,100)(H,82,103)(H,83,107)(H,91,92)(H,93,94)(H,95,96)(H,108,109)/t34-,42-,44-,45-,46-,47-,48-,49-,50-,51-,52-,53-/m0/s1. The Hall–Kier alpha value is -12.7. The van der Waals surface area contributed by atoms with E-state index in [-0.39, 0.29) is 29.9 Å². The Kier molecular flexibility index (Phi) is 34.4. The Morgan fingerprint density at radius 3 is 1.20 bits per heavy atom. The number of H-pyrrole nitrogens is 1. The summed E-state index contributed by atoms with van der Waals surface area (Å²) in [6.45, 7) is -4.23. The lowest BCUT2D eigenvalue weighted by Gasteiger charge is -2.27. The molecule has 109 heavy (non-hydrogen) atoms. The van der Waals surface area contributed by atoms with Gasteiger partial charge in [-0.25, -0.2) is 4.79 Å². The van der Waals surface area contributed by atoms with Gasteiger partial charge in [0.1, 0.15) is 84.0 Å². The molecule has 0 aliphatic heterocycles. The third kappa shape index (κ3) is 28.6. The van der Waals surface area contributed by atoms with Gasteiger partial charge >= 0.3 is 23.9 Å². The van der Waals surface area contributed by atoms with Gasteiger partial charge in [-0.15, -0.1) is 0 Å². The van der Waals surface area contributed by atoms with Crippen LogP contribution < -0.4 is 69.5 Å². The van der Waals surface area contributed by atoms with Gasteiger partial charge in [-0.2, -0.15) is 0 Å². The van der Waals surface area contributed by atoms with Crippen LogP contribution >= 0.6 is 0 Å². The van der Waals surface area contributed by atoms with E-state index in [0.29, 0.717) is 27.6 Å². The molecule has 0 unspecified atom stereocenters. The molecule has 1 heterocycles. The van der Waals surface area contributed by atoms with Crippen molar-refractivity contribution in [2.24, 2.45) is 5.73 Å². The normalized spacial score (nSPS) is 14.3. The number of aliphatic carboxylic acids is 4. The lowest BCUT2D eigenvalue weighted by molar-refractivity contribution is -0.144. The van der Waals surface area contributed by atoms with E-state index < -0.39 is 245 Å². The number of hydrogen-bond acceptors (Lipinski definition) is 23. The maximum absolute atomic E-state index is 14.5. The summed E-state index contributed by atoms with van der Waals surface area (Å²) in [5.41, 5.74) is 7.52. The van der Waals surface area contributed by atoms with Crippen molar-refractivity contribution >= 4 is 106 Å². The fraction of sp³-hybridized carbons (Fsp3) is 0.391. The van der Waals surface area contributed by atoms with Crippen molar-refractivity contribution in [2.75, 3.05) is 33.0 Å². The smallest absolute Gasteiger partial charge is 0.326 e. The molecule has 40 nitrogen and oxygen atoms in total. The van der Waals surface area contributed by atoms with Gasteiger partial charge in [0.05, 0.1) is 39.4 Å². The summed E-state index contributed by atoms with van der Waals surface area (Å²) < 4.78 is 0. The SMILES string of the molecule is C[C@H](NC(=O)[C@H](Cc1ccc(O)cc1)NC(=O)[C@H](CCC(=O)O)NC(=O)[C@H](Cc1ccc(O)cc1)NC(=O)CNC(=O)[C@@H](N)CO)C(=O)N[C@@H](Cc1c[nH]c2ccccc12)C(=O)N[C@@H](CO)C(=O)N[C@@H](CO)C(=O)N[C@@H](CCC(=O)O)C(=O)N[C@@H](CO)C(=O)N[C@@H](CC(=O)O)C(=O)N[C@@H](Cc1ccccc1)C(=O)O. The number of aromatic hydroxyl groups is 2. The average molecular weight is 1530 g/mol. The first-order chi connectivity index (χ1) is 51.7. The van der Waals surface area contributed by atoms with E-state index in [1.807, 2.05) is 10.6 Å². The minimum Gasteiger partial charge on any atom is -0.508 e. The van der Waals surface area contributed by atoms with Crippen LogP contribution in [0.25, 0.3) is 10.9 Å². The number of para-hydroxylation sites is 1. The van der Waals surface area contributed by atoms with Crippen LogP contribution in [-0.4, -0.2) is 256 Å². The van der Waals surface area contributed by atoms with Crippen LogP contribution in [0.4, 0.5) is 0 Å².